The molecule has 1 aliphatic rings. The van der Waals surface area contributed by atoms with E-state index in [1.165, 1.54) is 22.3 Å². The Morgan fingerprint density at radius 2 is 1.07 bits per heavy atom. The van der Waals surface area contributed by atoms with E-state index in [9.17, 15) is 0 Å². The third-order valence-electron chi connectivity index (χ3n) is 4.49. The molecule has 0 spiro atoms. The van der Waals surface area contributed by atoms with Gasteiger partial charge in [-0.1, -0.05) is 0 Å². The number of allylic oxidation sites excluding steroid dienone is 2. The summed E-state index contributed by atoms with van der Waals surface area (Å²) in [5.41, 5.74) is 6.21. The van der Waals surface area contributed by atoms with Crippen LogP contribution in [0.25, 0.3) is 0 Å². The zero-order valence-corrected chi connectivity index (χ0v) is 13.9. The number of quaternary nitrogens is 1. The second kappa shape index (κ2) is 4.30. The summed E-state index contributed by atoms with van der Waals surface area (Å²) in [4.78, 5) is 0. The fourth-order valence-electron chi connectivity index (χ4n) is 2.58. The quantitative estimate of drug-likeness (QED) is 0.649. The van der Waals surface area contributed by atoms with E-state index < -0.39 is 0 Å². The van der Waals surface area contributed by atoms with Gasteiger partial charge in [0.15, 0.2) is 0 Å². The Morgan fingerprint density at radius 1 is 0.800 bits per heavy atom. The summed E-state index contributed by atoms with van der Waals surface area (Å²) < 4.78 is 0.972. The molecule has 0 saturated carbocycles. The summed E-state index contributed by atoms with van der Waals surface area (Å²) in [5, 5.41) is 0. The normalized spacial score (nSPS) is 20.8. The molecule has 0 fully saturated rings. The Bertz CT molecular complexity index is 305. The number of hydrogen-bond acceptors (Lipinski definition) is 0. The predicted molar refractivity (Wildman–Crippen MR) is 63.2 cm³/mol. The Balaban J connectivity index is 0.00000196. The molecule has 0 unspecified atom stereocenters. The van der Waals surface area contributed by atoms with Crippen LogP contribution in [0.4, 0.5) is 0 Å². The first-order valence-corrected chi connectivity index (χ1v) is 5.32. The average molecular weight is 286 g/mol. The van der Waals surface area contributed by atoms with Crippen LogP contribution >= 0.6 is 0 Å². The van der Waals surface area contributed by atoms with E-state index in [0.29, 0.717) is 0 Å². The van der Waals surface area contributed by atoms with E-state index in [4.69, 9.17) is 0 Å². The van der Waals surface area contributed by atoms with Gasteiger partial charge in [0, 0.05) is 26.2 Å². The summed E-state index contributed by atoms with van der Waals surface area (Å²) in [6, 6.07) is 0. The van der Waals surface area contributed by atoms with Crippen molar-refractivity contribution in [3.63, 3.8) is 0 Å². The van der Waals surface area contributed by atoms with Gasteiger partial charge in [0.1, 0.15) is 5.54 Å². The molecule has 0 aromatic heterocycles. The van der Waals surface area contributed by atoms with Gasteiger partial charge < -0.3 is 4.48 Å². The van der Waals surface area contributed by atoms with E-state index in [1.54, 1.807) is 0 Å². The van der Waals surface area contributed by atoms with Crippen LogP contribution in [0, 0.1) is 0 Å². The molecular formula is C13H24NZr+. The maximum Gasteiger partial charge on any atom is 0.139 e. The maximum atomic E-state index is 2.36. The van der Waals surface area contributed by atoms with Crippen molar-refractivity contribution in [3.05, 3.63) is 22.3 Å². The summed E-state index contributed by atoms with van der Waals surface area (Å²) in [5.74, 6) is 0. The van der Waals surface area contributed by atoms with Crippen LogP contribution in [0.1, 0.15) is 34.6 Å². The van der Waals surface area contributed by atoms with Crippen LogP contribution < -0.4 is 0 Å². The molecule has 15 heavy (non-hydrogen) atoms. The van der Waals surface area contributed by atoms with Gasteiger partial charge in [0.25, 0.3) is 0 Å². The second-order valence-corrected chi connectivity index (χ2v) is 5.58. The largest absolute Gasteiger partial charge is 0.319 e. The van der Waals surface area contributed by atoms with Gasteiger partial charge in [-0.3, -0.25) is 0 Å². The summed E-state index contributed by atoms with van der Waals surface area (Å²) in [7, 11) is 6.83. The second-order valence-electron chi connectivity index (χ2n) is 5.58. The first kappa shape index (κ1) is 15.3. The minimum atomic E-state index is 0. The third-order valence-corrected chi connectivity index (χ3v) is 4.49. The molecule has 1 rings (SSSR count). The molecule has 2 heteroatoms. The average Bonchev–Trinajstić information content (AvgIpc) is 2.21. The molecule has 0 N–H and O–H groups in total. The zero-order valence-electron chi connectivity index (χ0n) is 11.4. The van der Waals surface area contributed by atoms with Gasteiger partial charge in [-0.15, -0.1) is 0 Å². The molecule has 1 nitrogen and oxygen atoms in total. The zero-order chi connectivity index (χ0) is 11.3. The van der Waals surface area contributed by atoms with Crippen molar-refractivity contribution in [1.29, 1.82) is 0 Å². The predicted octanol–water partition coefficient (Wildman–Crippen LogP) is 3.14. The standard InChI is InChI=1S/C13H24N.Zr/c1-9-10(2)12(4)13(5,11(9)3)14(6,7)8;/h1-8H3;/q+1;. The van der Waals surface area contributed by atoms with Crippen LogP contribution in [-0.2, 0) is 26.2 Å². The molecule has 0 bridgehead atoms. The summed E-state index contributed by atoms with van der Waals surface area (Å²) >= 11 is 0. The number of likely N-dealkylation sites (N-methyl/N-ethyl adjacent to an activating group) is 1. The Hall–Kier alpha value is 0.323. The van der Waals surface area contributed by atoms with Crippen molar-refractivity contribution < 1.29 is 30.7 Å². The van der Waals surface area contributed by atoms with Crippen molar-refractivity contribution in [1.82, 2.24) is 0 Å². The third kappa shape index (κ3) is 1.96. The molecule has 0 aliphatic heterocycles. The van der Waals surface area contributed by atoms with Gasteiger partial charge in [0.2, 0.25) is 0 Å². The first-order chi connectivity index (χ1) is 6.14. The van der Waals surface area contributed by atoms with E-state index in [-0.39, 0.29) is 31.7 Å². The van der Waals surface area contributed by atoms with Crippen molar-refractivity contribution in [2.24, 2.45) is 0 Å². The van der Waals surface area contributed by atoms with Gasteiger partial charge in [0.05, 0.1) is 21.1 Å². The Morgan fingerprint density at radius 3 is 1.20 bits per heavy atom. The molecule has 0 aromatic carbocycles. The molecule has 0 saturated heterocycles. The number of hydrogen-bond donors (Lipinski definition) is 0. The SMILES string of the molecule is CC1=C(C)C(C)([N+](C)(C)C)C(C)=C1C.[Zr]. The molecule has 0 heterocycles. The molecule has 0 amide bonds. The molecule has 84 valence electrons. The summed E-state index contributed by atoms with van der Waals surface area (Å²) in [6.45, 7) is 11.4. The van der Waals surface area contributed by atoms with E-state index in [0.717, 1.165) is 4.48 Å². The van der Waals surface area contributed by atoms with Crippen molar-refractivity contribution in [2.45, 2.75) is 40.2 Å². The maximum absolute atomic E-state index is 2.36. The van der Waals surface area contributed by atoms with E-state index in [2.05, 4.69) is 55.8 Å². The summed E-state index contributed by atoms with van der Waals surface area (Å²) in [6.07, 6.45) is 0. The van der Waals surface area contributed by atoms with E-state index >= 15 is 0 Å². The van der Waals surface area contributed by atoms with Crippen LogP contribution in [0.2, 0.25) is 0 Å². The van der Waals surface area contributed by atoms with Crippen molar-refractivity contribution in [3.8, 4) is 0 Å². The monoisotopic (exact) mass is 284 g/mol. The van der Waals surface area contributed by atoms with Crippen molar-refractivity contribution in [2.75, 3.05) is 21.1 Å². The fourth-order valence-corrected chi connectivity index (χ4v) is 2.58. The van der Waals surface area contributed by atoms with E-state index in [1.807, 2.05) is 0 Å². The van der Waals surface area contributed by atoms with Gasteiger partial charge >= 0.3 is 0 Å². The van der Waals surface area contributed by atoms with Crippen LogP contribution in [0.5, 0.6) is 0 Å². The molecule has 0 atom stereocenters. The molecule has 0 aromatic rings. The fraction of sp³-hybridized carbons (Fsp3) is 0.692. The van der Waals surface area contributed by atoms with Gasteiger partial charge in [-0.25, -0.2) is 0 Å². The van der Waals surface area contributed by atoms with Crippen LogP contribution in [0.3, 0.4) is 0 Å². The minimum Gasteiger partial charge on any atom is -0.319 e. The van der Waals surface area contributed by atoms with Crippen LogP contribution in [0.15, 0.2) is 22.3 Å². The minimum absolute atomic E-state index is 0. The number of nitrogens with zero attached hydrogens (tertiary/aromatic N) is 1. The number of rotatable bonds is 1. The van der Waals surface area contributed by atoms with Gasteiger partial charge in [-0.05, 0) is 56.9 Å². The van der Waals surface area contributed by atoms with Crippen molar-refractivity contribution >= 4 is 0 Å². The Kier molecular flexibility index (Phi) is 4.39. The first-order valence-electron chi connectivity index (χ1n) is 5.32. The molecular weight excluding hydrogens is 261 g/mol. The van der Waals surface area contributed by atoms with Gasteiger partial charge in [-0.2, -0.15) is 0 Å². The van der Waals surface area contributed by atoms with Crippen LogP contribution in [-0.4, -0.2) is 31.2 Å². The Labute approximate surface area is 114 Å². The molecule has 0 radical (unpaired) electrons. The molecule has 1 aliphatic carbocycles. The smallest absolute Gasteiger partial charge is 0.139 e. The topological polar surface area (TPSA) is 0 Å².